The van der Waals surface area contributed by atoms with E-state index in [4.69, 9.17) is 4.74 Å². The second kappa shape index (κ2) is 13.6. The molecule has 10 nitrogen and oxygen atoms in total. The molecule has 11 heteroatoms. The maximum absolute atomic E-state index is 13.5. The maximum atomic E-state index is 13.5. The Morgan fingerprint density at radius 3 is 2.42 bits per heavy atom. The highest BCUT2D eigenvalue weighted by Gasteiger charge is 2.31. The first-order chi connectivity index (χ1) is 20.4. The minimum atomic E-state index is -3.85. The summed E-state index contributed by atoms with van der Waals surface area (Å²) in [5.41, 5.74) is 2.96. The van der Waals surface area contributed by atoms with Crippen LogP contribution in [0.4, 0.5) is 5.69 Å². The van der Waals surface area contributed by atoms with Gasteiger partial charge < -0.3 is 19.8 Å². The van der Waals surface area contributed by atoms with Gasteiger partial charge in [0.15, 0.2) is 0 Å². The standard InChI is InChI=1S/C32H39N3O7S/c1-21-5-12-28(13-6-21)43(40,41)33-27-11-14-29-26(15-27)16-31(37)35(23(3)20-36)17-22(2)30(42-29)19-34(4)18-24-7-9-25(10-8-24)32(38)39/h5-15,22-23,30,33,36H,16-20H2,1-4H3,(H,38,39)/t22-,23-,30+/m1/s1. The lowest BCUT2D eigenvalue weighted by atomic mass is 10.0. The van der Waals surface area contributed by atoms with Gasteiger partial charge in [-0.05, 0) is 68.9 Å². The van der Waals surface area contributed by atoms with Crippen LogP contribution in [0.3, 0.4) is 0 Å². The number of ether oxygens (including phenoxy) is 1. The quantitative estimate of drug-likeness (QED) is 0.316. The third-order valence-corrected chi connectivity index (χ3v) is 9.04. The third-order valence-electron chi connectivity index (χ3n) is 7.64. The number of sulfonamides is 1. The van der Waals surface area contributed by atoms with Gasteiger partial charge in [0, 0.05) is 36.8 Å². The van der Waals surface area contributed by atoms with Gasteiger partial charge in [-0.1, -0.05) is 36.8 Å². The summed E-state index contributed by atoms with van der Waals surface area (Å²) in [5, 5.41) is 19.1. The minimum Gasteiger partial charge on any atom is -0.488 e. The van der Waals surface area contributed by atoms with Crippen molar-refractivity contribution in [2.75, 3.05) is 31.5 Å². The first kappa shape index (κ1) is 32.0. The molecule has 0 spiro atoms. The number of aliphatic hydroxyl groups is 1. The van der Waals surface area contributed by atoms with Crippen LogP contribution in [0.5, 0.6) is 5.75 Å². The van der Waals surface area contributed by atoms with E-state index in [9.17, 15) is 28.2 Å². The normalized spacial score (nSPS) is 18.2. The van der Waals surface area contributed by atoms with Crippen LogP contribution in [0.2, 0.25) is 0 Å². The van der Waals surface area contributed by atoms with Crippen LogP contribution in [0, 0.1) is 12.8 Å². The average Bonchev–Trinajstić information content (AvgIpc) is 3.00. The number of fused-ring (bicyclic) bond motifs is 1. The summed E-state index contributed by atoms with van der Waals surface area (Å²) in [6.07, 6.45) is -0.373. The van der Waals surface area contributed by atoms with E-state index in [2.05, 4.69) is 9.62 Å². The van der Waals surface area contributed by atoms with Gasteiger partial charge in [-0.3, -0.25) is 14.4 Å². The second-order valence-corrected chi connectivity index (χ2v) is 13.0. The number of hydrogen-bond acceptors (Lipinski definition) is 7. The fraction of sp³-hybridized carbons (Fsp3) is 0.375. The Kier molecular flexibility index (Phi) is 10.1. The molecule has 0 saturated heterocycles. The van der Waals surface area contributed by atoms with Crippen LogP contribution >= 0.6 is 0 Å². The summed E-state index contributed by atoms with van der Waals surface area (Å²) in [7, 11) is -1.91. The van der Waals surface area contributed by atoms with E-state index >= 15 is 0 Å². The second-order valence-electron chi connectivity index (χ2n) is 11.3. The van der Waals surface area contributed by atoms with E-state index in [1.54, 1.807) is 78.6 Å². The number of aryl methyl sites for hydroxylation is 1. The minimum absolute atomic E-state index is 0.0228. The Morgan fingerprint density at radius 1 is 1.12 bits per heavy atom. The van der Waals surface area contributed by atoms with Crippen LogP contribution in [-0.4, -0.2) is 79.2 Å². The number of amides is 1. The Hall–Kier alpha value is -3.93. The molecule has 3 aromatic rings. The monoisotopic (exact) mass is 609 g/mol. The summed E-state index contributed by atoms with van der Waals surface area (Å²) in [6.45, 7) is 6.89. The number of rotatable bonds is 10. The van der Waals surface area contributed by atoms with Crippen molar-refractivity contribution in [1.29, 1.82) is 0 Å². The molecule has 0 saturated carbocycles. The molecule has 0 aromatic heterocycles. The van der Waals surface area contributed by atoms with Crippen LogP contribution in [-0.2, 0) is 27.8 Å². The summed E-state index contributed by atoms with van der Waals surface area (Å²) >= 11 is 0. The summed E-state index contributed by atoms with van der Waals surface area (Å²) in [6, 6.07) is 17.8. The predicted octanol–water partition coefficient (Wildman–Crippen LogP) is 3.78. The number of nitrogens with zero attached hydrogens (tertiary/aromatic N) is 2. The molecule has 3 N–H and O–H groups in total. The smallest absolute Gasteiger partial charge is 0.335 e. The summed E-state index contributed by atoms with van der Waals surface area (Å²) in [4.78, 5) is 28.6. The first-order valence-corrected chi connectivity index (χ1v) is 15.6. The zero-order chi connectivity index (χ0) is 31.3. The maximum Gasteiger partial charge on any atom is 0.335 e. The van der Waals surface area contributed by atoms with E-state index in [1.807, 2.05) is 20.9 Å². The number of carbonyl (C=O) groups excluding carboxylic acids is 1. The summed E-state index contributed by atoms with van der Waals surface area (Å²) in [5.74, 6) is -0.792. The molecule has 1 amide bonds. The van der Waals surface area contributed by atoms with E-state index in [0.29, 0.717) is 36.6 Å². The lowest BCUT2D eigenvalue weighted by molar-refractivity contribution is -0.134. The largest absolute Gasteiger partial charge is 0.488 e. The van der Waals surface area contributed by atoms with Crippen molar-refractivity contribution in [2.24, 2.45) is 5.92 Å². The number of likely N-dealkylation sites (N-methyl/N-ethyl adjacent to an activating group) is 1. The molecule has 0 bridgehead atoms. The lowest BCUT2D eigenvalue weighted by Gasteiger charge is -2.34. The number of benzene rings is 3. The van der Waals surface area contributed by atoms with Crippen molar-refractivity contribution in [3.63, 3.8) is 0 Å². The number of aliphatic hydroxyl groups excluding tert-OH is 1. The zero-order valence-corrected chi connectivity index (χ0v) is 25.7. The molecular weight excluding hydrogens is 570 g/mol. The van der Waals surface area contributed by atoms with Gasteiger partial charge in [0.1, 0.15) is 11.9 Å². The lowest BCUT2D eigenvalue weighted by Crippen LogP contribution is -2.47. The molecule has 1 aliphatic rings. The highest BCUT2D eigenvalue weighted by molar-refractivity contribution is 7.92. The van der Waals surface area contributed by atoms with Gasteiger partial charge in [0.05, 0.1) is 29.5 Å². The van der Waals surface area contributed by atoms with E-state index in [1.165, 1.54) is 0 Å². The third kappa shape index (κ3) is 8.13. The van der Waals surface area contributed by atoms with Gasteiger partial charge in [0.25, 0.3) is 10.0 Å². The number of anilines is 1. The Balaban J connectivity index is 1.60. The molecule has 3 aromatic carbocycles. The Bertz CT molecular complexity index is 1540. The molecule has 43 heavy (non-hydrogen) atoms. The number of carbonyl (C=O) groups is 2. The Labute approximate surface area is 253 Å². The van der Waals surface area contributed by atoms with Gasteiger partial charge in [-0.25, -0.2) is 13.2 Å². The number of aromatic carboxylic acids is 1. The number of nitrogens with one attached hydrogen (secondary N) is 1. The van der Waals surface area contributed by atoms with Crippen LogP contribution in [0.25, 0.3) is 0 Å². The number of carboxylic acids is 1. The molecule has 0 radical (unpaired) electrons. The molecular formula is C32H39N3O7S. The van der Waals surface area contributed by atoms with Crippen molar-refractivity contribution in [3.05, 3.63) is 89.0 Å². The van der Waals surface area contributed by atoms with Crippen LogP contribution in [0.1, 0.15) is 40.9 Å². The Morgan fingerprint density at radius 2 is 1.79 bits per heavy atom. The van der Waals surface area contributed by atoms with E-state index in [-0.39, 0.29) is 41.4 Å². The van der Waals surface area contributed by atoms with Crippen molar-refractivity contribution < 1.29 is 33.0 Å². The van der Waals surface area contributed by atoms with E-state index in [0.717, 1.165) is 11.1 Å². The first-order valence-electron chi connectivity index (χ1n) is 14.2. The molecule has 1 heterocycles. The van der Waals surface area contributed by atoms with Crippen LogP contribution < -0.4 is 9.46 Å². The molecule has 0 fully saturated rings. The fourth-order valence-corrected chi connectivity index (χ4v) is 6.13. The number of carboxylic acid groups (broad SMARTS) is 1. The molecule has 1 aliphatic heterocycles. The van der Waals surface area contributed by atoms with Crippen LogP contribution in [0.15, 0.2) is 71.6 Å². The molecule has 4 rings (SSSR count). The highest BCUT2D eigenvalue weighted by atomic mass is 32.2. The van der Waals surface area contributed by atoms with Crippen molar-refractivity contribution in [3.8, 4) is 5.75 Å². The fourth-order valence-electron chi connectivity index (χ4n) is 5.08. The SMILES string of the molecule is Cc1ccc(S(=O)(=O)Nc2ccc3c(c2)CC(=O)N([C@H](C)CO)C[C@@H](C)[C@H](CN(C)Cc2ccc(C(=O)O)cc2)O3)cc1. The predicted molar refractivity (Wildman–Crippen MR) is 164 cm³/mol. The molecule has 3 atom stereocenters. The van der Waals surface area contributed by atoms with Gasteiger partial charge in [0.2, 0.25) is 5.91 Å². The topological polar surface area (TPSA) is 136 Å². The molecule has 230 valence electrons. The zero-order valence-electron chi connectivity index (χ0n) is 24.9. The van der Waals surface area contributed by atoms with E-state index < -0.39 is 22.0 Å². The van der Waals surface area contributed by atoms with Gasteiger partial charge in [-0.15, -0.1) is 0 Å². The molecule has 0 aliphatic carbocycles. The van der Waals surface area contributed by atoms with Crippen molar-refractivity contribution in [2.45, 2.75) is 50.8 Å². The molecule has 0 unspecified atom stereocenters. The van der Waals surface area contributed by atoms with Gasteiger partial charge in [-0.2, -0.15) is 0 Å². The average molecular weight is 610 g/mol. The van der Waals surface area contributed by atoms with Crippen molar-refractivity contribution in [1.82, 2.24) is 9.80 Å². The summed E-state index contributed by atoms with van der Waals surface area (Å²) < 4.78 is 35.2. The van der Waals surface area contributed by atoms with Gasteiger partial charge >= 0.3 is 5.97 Å². The highest BCUT2D eigenvalue weighted by Crippen LogP contribution is 2.30. The number of hydrogen-bond donors (Lipinski definition) is 3. The van der Waals surface area contributed by atoms with Crippen molar-refractivity contribution >= 4 is 27.6 Å².